The Hall–Kier alpha value is -1.49. The molecule has 1 aromatic rings. The maximum absolute atomic E-state index is 12.1. The highest BCUT2D eigenvalue weighted by molar-refractivity contribution is 7.99. The summed E-state index contributed by atoms with van der Waals surface area (Å²) in [6.07, 6.45) is 1.35. The van der Waals surface area contributed by atoms with Gasteiger partial charge >= 0.3 is 0 Å². The number of amides is 2. The van der Waals surface area contributed by atoms with Crippen molar-refractivity contribution >= 4 is 23.6 Å². The number of carbonyl (C=O) groups excluding carboxylic acids is 2. The first-order valence-corrected chi connectivity index (χ1v) is 7.92. The van der Waals surface area contributed by atoms with Crippen LogP contribution >= 0.6 is 11.8 Å². The molecule has 1 fully saturated rings. The van der Waals surface area contributed by atoms with Crippen LogP contribution in [0.5, 0.6) is 0 Å². The number of piperazine rings is 1. The summed E-state index contributed by atoms with van der Waals surface area (Å²) in [5.41, 5.74) is 0. The zero-order valence-corrected chi connectivity index (χ0v) is 12.5. The summed E-state index contributed by atoms with van der Waals surface area (Å²) in [7, 11) is 0. The van der Waals surface area contributed by atoms with Gasteiger partial charge in [0, 0.05) is 24.4 Å². The molecule has 5 heteroatoms. The maximum Gasteiger partial charge on any atom is 0.242 e. The lowest BCUT2D eigenvalue weighted by molar-refractivity contribution is -0.142. The molecule has 4 nitrogen and oxygen atoms in total. The van der Waals surface area contributed by atoms with E-state index in [2.05, 4.69) is 17.4 Å². The minimum Gasteiger partial charge on any atom is -0.353 e. The van der Waals surface area contributed by atoms with Gasteiger partial charge in [-0.2, -0.15) is 0 Å². The first-order chi connectivity index (χ1) is 9.68. The molecule has 0 spiro atoms. The summed E-state index contributed by atoms with van der Waals surface area (Å²) in [6.45, 7) is 2.97. The first kappa shape index (κ1) is 14.9. The van der Waals surface area contributed by atoms with Crippen LogP contribution in [0.3, 0.4) is 0 Å². The largest absolute Gasteiger partial charge is 0.353 e. The van der Waals surface area contributed by atoms with Gasteiger partial charge in [0.1, 0.15) is 6.04 Å². The lowest BCUT2D eigenvalue weighted by Crippen LogP contribution is -2.55. The van der Waals surface area contributed by atoms with Crippen LogP contribution in [0.15, 0.2) is 35.2 Å². The Labute approximate surface area is 123 Å². The zero-order chi connectivity index (χ0) is 14.4. The van der Waals surface area contributed by atoms with Crippen molar-refractivity contribution in [2.24, 2.45) is 0 Å². The van der Waals surface area contributed by atoms with E-state index in [0.29, 0.717) is 19.5 Å². The van der Waals surface area contributed by atoms with Crippen molar-refractivity contribution in [2.75, 3.05) is 18.8 Å². The molecule has 20 heavy (non-hydrogen) atoms. The number of nitrogens with zero attached hydrogens (tertiary/aromatic N) is 1. The van der Waals surface area contributed by atoms with Crippen LogP contribution in [-0.2, 0) is 9.59 Å². The van der Waals surface area contributed by atoms with E-state index in [9.17, 15) is 9.59 Å². The van der Waals surface area contributed by atoms with E-state index < -0.39 is 0 Å². The van der Waals surface area contributed by atoms with Crippen molar-refractivity contribution in [1.82, 2.24) is 10.2 Å². The standard InChI is InChI=1S/C15H20N2O2S/c1-12-15(19)16-9-10-17(12)14(18)8-5-11-20-13-6-3-2-4-7-13/h2-4,6-7,12H,5,8-11H2,1H3,(H,16,19)/t12-/m0/s1. The first-order valence-electron chi connectivity index (χ1n) is 6.93. The number of benzene rings is 1. The molecule has 2 rings (SSSR count). The van der Waals surface area contributed by atoms with Crippen molar-refractivity contribution in [3.63, 3.8) is 0 Å². The summed E-state index contributed by atoms with van der Waals surface area (Å²) < 4.78 is 0. The van der Waals surface area contributed by atoms with Gasteiger partial charge in [-0.05, 0) is 31.2 Å². The van der Waals surface area contributed by atoms with Gasteiger partial charge in [-0.25, -0.2) is 0 Å². The van der Waals surface area contributed by atoms with Crippen molar-refractivity contribution < 1.29 is 9.59 Å². The van der Waals surface area contributed by atoms with Gasteiger partial charge in [0.05, 0.1) is 0 Å². The fourth-order valence-corrected chi connectivity index (χ4v) is 3.07. The van der Waals surface area contributed by atoms with E-state index in [1.807, 2.05) is 18.2 Å². The quantitative estimate of drug-likeness (QED) is 0.666. The molecule has 108 valence electrons. The van der Waals surface area contributed by atoms with Gasteiger partial charge < -0.3 is 10.2 Å². The normalized spacial score (nSPS) is 18.8. The molecule has 1 N–H and O–H groups in total. The molecular formula is C15H20N2O2S. The smallest absolute Gasteiger partial charge is 0.242 e. The monoisotopic (exact) mass is 292 g/mol. The molecule has 0 unspecified atom stereocenters. The highest BCUT2D eigenvalue weighted by Gasteiger charge is 2.28. The van der Waals surface area contributed by atoms with E-state index in [1.54, 1.807) is 23.6 Å². The van der Waals surface area contributed by atoms with Crippen LogP contribution in [0.2, 0.25) is 0 Å². The Morgan fingerprint density at radius 3 is 2.90 bits per heavy atom. The summed E-state index contributed by atoms with van der Waals surface area (Å²) in [6, 6.07) is 9.84. The Morgan fingerprint density at radius 1 is 1.40 bits per heavy atom. The zero-order valence-electron chi connectivity index (χ0n) is 11.7. The highest BCUT2D eigenvalue weighted by Crippen LogP contribution is 2.19. The van der Waals surface area contributed by atoms with Crippen molar-refractivity contribution in [2.45, 2.75) is 30.7 Å². The third-order valence-corrected chi connectivity index (χ3v) is 4.46. The molecule has 0 bridgehead atoms. The molecular weight excluding hydrogens is 272 g/mol. The third kappa shape index (κ3) is 4.00. The molecule has 0 aromatic heterocycles. The van der Waals surface area contributed by atoms with Gasteiger partial charge in [-0.3, -0.25) is 9.59 Å². The molecule has 1 saturated heterocycles. The second kappa shape index (κ2) is 7.33. The second-order valence-electron chi connectivity index (χ2n) is 4.82. The molecule has 0 aliphatic carbocycles. The number of carbonyl (C=O) groups is 2. The van der Waals surface area contributed by atoms with Crippen LogP contribution in [0.25, 0.3) is 0 Å². The fourth-order valence-electron chi connectivity index (χ4n) is 2.20. The molecule has 1 atom stereocenters. The van der Waals surface area contributed by atoms with E-state index >= 15 is 0 Å². The third-order valence-electron chi connectivity index (χ3n) is 3.37. The Balaban J connectivity index is 1.71. The molecule has 0 saturated carbocycles. The number of rotatable bonds is 5. The predicted molar refractivity (Wildman–Crippen MR) is 80.6 cm³/mol. The van der Waals surface area contributed by atoms with Crippen LogP contribution in [0.1, 0.15) is 19.8 Å². The van der Waals surface area contributed by atoms with Crippen LogP contribution in [0, 0.1) is 0 Å². The van der Waals surface area contributed by atoms with Gasteiger partial charge in [0.25, 0.3) is 0 Å². The molecule has 1 aliphatic rings. The number of nitrogens with one attached hydrogen (secondary N) is 1. The second-order valence-corrected chi connectivity index (χ2v) is 5.99. The molecule has 1 aromatic carbocycles. The fraction of sp³-hybridized carbons (Fsp3) is 0.467. The average Bonchev–Trinajstić information content (AvgIpc) is 2.47. The molecule has 2 amide bonds. The topological polar surface area (TPSA) is 49.4 Å². The minimum atomic E-state index is -0.335. The Kier molecular flexibility index (Phi) is 5.47. The predicted octanol–water partition coefficient (Wildman–Crippen LogP) is 1.91. The van der Waals surface area contributed by atoms with Crippen molar-refractivity contribution in [3.05, 3.63) is 30.3 Å². The Morgan fingerprint density at radius 2 is 2.15 bits per heavy atom. The van der Waals surface area contributed by atoms with E-state index in [-0.39, 0.29) is 17.9 Å². The minimum absolute atomic E-state index is 0.0525. The van der Waals surface area contributed by atoms with E-state index in [4.69, 9.17) is 0 Å². The lowest BCUT2D eigenvalue weighted by atomic mass is 10.2. The number of thioether (sulfide) groups is 1. The molecule has 0 radical (unpaired) electrons. The van der Waals surface area contributed by atoms with E-state index in [0.717, 1.165) is 12.2 Å². The highest BCUT2D eigenvalue weighted by atomic mass is 32.2. The summed E-state index contributed by atoms with van der Waals surface area (Å²) >= 11 is 1.76. The summed E-state index contributed by atoms with van der Waals surface area (Å²) in [5.74, 6) is 0.953. The number of hydrogen-bond donors (Lipinski definition) is 1. The van der Waals surface area contributed by atoms with Gasteiger partial charge in [0.15, 0.2) is 0 Å². The van der Waals surface area contributed by atoms with Gasteiger partial charge in [0.2, 0.25) is 11.8 Å². The van der Waals surface area contributed by atoms with E-state index in [1.165, 1.54) is 4.90 Å². The summed E-state index contributed by atoms with van der Waals surface area (Å²) in [5, 5.41) is 2.77. The SMILES string of the molecule is C[C@H]1C(=O)NCCN1C(=O)CCCSc1ccccc1. The van der Waals surface area contributed by atoms with Gasteiger partial charge in [-0.15, -0.1) is 11.8 Å². The van der Waals surface area contributed by atoms with Crippen molar-refractivity contribution in [1.29, 1.82) is 0 Å². The maximum atomic E-state index is 12.1. The lowest BCUT2D eigenvalue weighted by Gasteiger charge is -2.32. The summed E-state index contributed by atoms with van der Waals surface area (Å²) in [4.78, 5) is 26.5. The molecule has 1 aliphatic heterocycles. The number of hydrogen-bond acceptors (Lipinski definition) is 3. The van der Waals surface area contributed by atoms with Crippen LogP contribution < -0.4 is 5.32 Å². The average molecular weight is 292 g/mol. The molecule has 1 heterocycles. The van der Waals surface area contributed by atoms with Crippen LogP contribution in [0.4, 0.5) is 0 Å². The van der Waals surface area contributed by atoms with Gasteiger partial charge in [-0.1, -0.05) is 18.2 Å². The van der Waals surface area contributed by atoms with Crippen LogP contribution in [-0.4, -0.2) is 41.6 Å². The van der Waals surface area contributed by atoms with Crippen molar-refractivity contribution in [3.8, 4) is 0 Å². The Bertz CT molecular complexity index is 464.